The highest BCUT2D eigenvalue weighted by Crippen LogP contribution is 2.18. The van der Waals surface area contributed by atoms with Gasteiger partial charge in [0.15, 0.2) is 11.6 Å². The van der Waals surface area contributed by atoms with E-state index in [1.807, 2.05) is 0 Å². The molecule has 1 aromatic heterocycles. The van der Waals surface area contributed by atoms with E-state index in [1.54, 1.807) is 0 Å². The number of anilines is 1. The molecule has 2 N–H and O–H groups in total. The molecular formula is C13H9ClF2N2O2. The van der Waals surface area contributed by atoms with Crippen LogP contribution in [0.4, 0.5) is 14.6 Å². The zero-order valence-electron chi connectivity index (χ0n) is 10.0. The van der Waals surface area contributed by atoms with Gasteiger partial charge < -0.3 is 10.4 Å². The van der Waals surface area contributed by atoms with Crippen LogP contribution in [0.3, 0.4) is 0 Å². The largest absolute Gasteiger partial charge is 0.478 e. The van der Waals surface area contributed by atoms with Crippen LogP contribution < -0.4 is 5.32 Å². The molecule has 1 heterocycles. The van der Waals surface area contributed by atoms with Gasteiger partial charge in [-0.3, -0.25) is 0 Å². The van der Waals surface area contributed by atoms with E-state index in [2.05, 4.69) is 10.3 Å². The first-order chi connectivity index (χ1) is 9.47. The number of nitrogens with one attached hydrogen (secondary N) is 1. The fourth-order valence-electron chi connectivity index (χ4n) is 1.54. The summed E-state index contributed by atoms with van der Waals surface area (Å²) in [7, 11) is 0. The van der Waals surface area contributed by atoms with Gasteiger partial charge in [-0.1, -0.05) is 17.7 Å². The normalized spacial score (nSPS) is 10.3. The molecular weight excluding hydrogens is 290 g/mol. The van der Waals surface area contributed by atoms with E-state index in [-0.39, 0.29) is 22.9 Å². The molecule has 0 bridgehead atoms. The highest BCUT2D eigenvalue weighted by molar-refractivity contribution is 6.33. The predicted molar refractivity (Wildman–Crippen MR) is 69.9 cm³/mol. The van der Waals surface area contributed by atoms with Crippen molar-refractivity contribution >= 4 is 23.4 Å². The van der Waals surface area contributed by atoms with Crippen molar-refractivity contribution in [2.24, 2.45) is 0 Å². The van der Waals surface area contributed by atoms with E-state index in [1.165, 1.54) is 18.3 Å². The van der Waals surface area contributed by atoms with Crippen molar-refractivity contribution in [3.05, 3.63) is 58.2 Å². The number of nitrogens with zero attached hydrogens (tertiary/aromatic N) is 1. The minimum atomic E-state index is -1.17. The summed E-state index contributed by atoms with van der Waals surface area (Å²) >= 11 is 5.68. The van der Waals surface area contributed by atoms with Crippen molar-refractivity contribution in [1.29, 1.82) is 0 Å². The van der Waals surface area contributed by atoms with Crippen molar-refractivity contribution in [3.8, 4) is 0 Å². The van der Waals surface area contributed by atoms with Gasteiger partial charge in [-0.25, -0.2) is 18.6 Å². The number of hydrogen-bond donors (Lipinski definition) is 2. The highest BCUT2D eigenvalue weighted by Gasteiger charge is 2.10. The summed E-state index contributed by atoms with van der Waals surface area (Å²) in [6.07, 6.45) is 1.21. The van der Waals surface area contributed by atoms with E-state index in [9.17, 15) is 13.6 Å². The molecule has 7 heteroatoms. The topological polar surface area (TPSA) is 62.2 Å². The van der Waals surface area contributed by atoms with Crippen LogP contribution in [0.15, 0.2) is 30.5 Å². The van der Waals surface area contributed by atoms with Crippen molar-refractivity contribution in [2.75, 3.05) is 5.32 Å². The number of carbonyl (C=O) groups is 1. The highest BCUT2D eigenvalue weighted by atomic mass is 35.5. The molecule has 104 valence electrons. The number of rotatable bonds is 4. The van der Waals surface area contributed by atoms with Crippen molar-refractivity contribution in [2.45, 2.75) is 6.54 Å². The Morgan fingerprint density at radius 2 is 2.05 bits per heavy atom. The monoisotopic (exact) mass is 298 g/mol. The van der Waals surface area contributed by atoms with Crippen LogP contribution in [0.5, 0.6) is 0 Å². The van der Waals surface area contributed by atoms with Crippen LogP contribution in [0, 0.1) is 11.6 Å². The molecule has 0 atom stereocenters. The van der Waals surface area contributed by atoms with E-state index in [0.717, 1.165) is 12.1 Å². The van der Waals surface area contributed by atoms with Gasteiger partial charge in [0.25, 0.3) is 0 Å². The predicted octanol–water partition coefficient (Wildman–Crippen LogP) is 3.32. The molecule has 4 nitrogen and oxygen atoms in total. The number of benzene rings is 1. The quantitative estimate of drug-likeness (QED) is 0.909. The molecule has 0 amide bonds. The number of aromatic carboxylic acids is 1. The maximum absolute atomic E-state index is 13.0. The Morgan fingerprint density at radius 1 is 1.30 bits per heavy atom. The number of aromatic nitrogens is 1. The maximum Gasteiger partial charge on any atom is 0.337 e. The van der Waals surface area contributed by atoms with Gasteiger partial charge in [0.05, 0.1) is 10.6 Å². The summed E-state index contributed by atoms with van der Waals surface area (Å²) in [6, 6.07) is 4.75. The second-order valence-corrected chi connectivity index (χ2v) is 4.36. The second-order valence-electron chi connectivity index (χ2n) is 3.96. The summed E-state index contributed by atoms with van der Waals surface area (Å²) in [6.45, 7) is 0.172. The molecule has 0 aliphatic carbocycles. The molecule has 0 aliphatic rings. The van der Waals surface area contributed by atoms with Crippen LogP contribution in [-0.4, -0.2) is 16.1 Å². The fraction of sp³-hybridized carbons (Fsp3) is 0.0769. The van der Waals surface area contributed by atoms with Crippen molar-refractivity contribution < 1.29 is 18.7 Å². The Hall–Kier alpha value is -2.21. The number of hydrogen-bond acceptors (Lipinski definition) is 3. The van der Waals surface area contributed by atoms with E-state index >= 15 is 0 Å². The SMILES string of the molecule is O=C(O)c1cc(NCc2ccc(F)c(F)c2)ncc1Cl. The Bertz CT molecular complexity index is 665. The van der Waals surface area contributed by atoms with Gasteiger partial charge in [-0.15, -0.1) is 0 Å². The Kier molecular flexibility index (Phi) is 4.14. The maximum atomic E-state index is 13.0. The van der Waals surface area contributed by atoms with Gasteiger partial charge >= 0.3 is 5.97 Å². The van der Waals surface area contributed by atoms with Gasteiger partial charge in [-0.2, -0.15) is 0 Å². The number of pyridine rings is 1. The van der Waals surface area contributed by atoms with Crippen LogP contribution in [-0.2, 0) is 6.54 Å². The summed E-state index contributed by atoms with van der Waals surface area (Å²) in [4.78, 5) is 14.8. The van der Waals surface area contributed by atoms with Crippen molar-refractivity contribution in [1.82, 2.24) is 4.98 Å². The molecule has 0 fully saturated rings. The third-order valence-electron chi connectivity index (χ3n) is 2.54. The fourth-order valence-corrected chi connectivity index (χ4v) is 1.73. The first-order valence-corrected chi connectivity index (χ1v) is 5.92. The molecule has 0 unspecified atom stereocenters. The average Bonchev–Trinajstić information content (AvgIpc) is 2.41. The van der Waals surface area contributed by atoms with Gasteiger partial charge in [0, 0.05) is 12.7 Å². The lowest BCUT2D eigenvalue weighted by Gasteiger charge is -2.07. The molecule has 0 radical (unpaired) electrons. The molecule has 2 rings (SSSR count). The summed E-state index contributed by atoms with van der Waals surface area (Å²) in [5, 5.41) is 11.7. The molecule has 0 saturated carbocycles. The smallest absolute Gasteiger partial charge is 0.337 e. The third kappa shape index (κ3) is 3.21. The van der Waals surface area contributed by atoms with Gasteiger partial charge in [-0.05, 0) is 23.8 Å². The first-order valence-electron chi connectivity index (χ1n) is 5.54. The third-order valence-corrected chi connectivity index (χ3v) is 2.84. The molecule has 0 saturated heterocycles. The summed E-state index contributed by atoms with van der Waals surface area (Å²) in [5.41, 5.74) is 0.409. The van der Waals surface area contributed by atoms with Gasteiger partial charge in [0.2, 0.25) is 0 Å². The Morgan fingerprint density at radius 3 is 2.70 bits per heavy atom. The van der Waals surface area contributed by atoms with E-state index in [0.29, 0.717) is 5.56 Å². The zero-order chi connectivity index (χ0) is 14.7. The molecule has 1 aromatic carbocycles. The lowest BCUT2D eigenvalue weighted by atomic mass is 10.2. The number of carboxylic acid groups (broad SMARTS) is 1. The number of carboxylic acids is 1. The number of halogens is 3. The van der Waals surface area contributed by atoms with E-state index in [4.69, 9.17) is 16.7 Å². The molecule has 0 spiro atoms. The van der Waals surface area contributed by atoms with Crippen LogP contribution >= 0.6 is 11.6 Å². The van der Waals surface area contributed by atoms with E-state index < -0.39 is 17.6 Å². The lowest BCUT2D eigenvalue weighted by molar-refractivity contribution is 0.0697. The van der Waals surface area contributed by atoms with Crippen LogP contribution in [0.1, 0.15) is 15.9 Å². The molecule has 2 aromatic rings. The molecule has 0 aliphatic heterocycles. The molecule has 20 heavy (non-hydrogen) atoms. The summed E-state index contributed by atoms with van der Waals surface area (Å²) < 4.78 is 25.8. The van der Waals surface area contributed by atoms with Gasteiger partial charge in [0.1, 0.15) is 5.82 Å². The van der Waals surface area contributed by atoms with Crippen LogP contribution in [0.2, 0.25) is 5.02 Å². The standard InChI is InChI=1S/C13H9ClF2N2O2/c14-9-6-18-12(4-8(9)13(19)20)17-5-7-1-2-10(15)11(16)3-7/h1-4,6H,5H2,(H,17,18)(H,19,20). The average molecular weight is 299 g/mol. The lowest BCUT2D eigenvalue weighted by Crippen LogP contribution is -2.05. The Balaban J connectivity index is 2.12. The van der Waals surface area contributed by atoms with Crippen molar-refractivity contribution in [3.63, 3.8) is 0 Å². The Labute approximate surface area is 118 Å². The minimum Gasteiger partial charge on any atom is -0.478 e. The zero-order valence-corrected chi connectivity index (χ0v) is 10.8. The first kappa shape index (κ1) is 14.2. The minimum absolute atomic E-state index is 0.0240. The summed E-state index contributed by atoms with van der Waals surface area (Å²) in [5.74, 6) is -2.77. The van der Waals surface area contributed by atoms with Crippen LogP contribution in [0.25, 0.3) is 0 Å². The second kappa shape index (κ2) is 5.83.